The van der Waals surface area contributed by atoms with Crippen molar-refractivity contribution in [2.24, 2.45) is 0 Å². The Labute approximate surface area is 133 Å². The minimum absolute atomic E-state index is 0.230. The fraction of sp³-hybridized carbons (Fsp3) is 1.00. The molecule has 3 atom stereocenters. The van der Waals surface area contributed by atoms with Crippen molar-refractivity contribution in [2.75, 3.05) is 25.2 Å². The van der Waals surface area contributed by atoms with Gasteiger partial charge in [0.15, 0.2) is 0 Å². The summed E-state index contributed by atoms with van der Waals surface area (Å²) >= 11 is 2.11. The average molecular weight is 311 g/mol. The predicted octanol–water partition coefficient (Wildman–Crippen LogP) is 2.65. The monoisotopic (exact) mass is 310 g/mol. The van der Waals surface area contributed by atoms with Crippen LogP contribution in [0.3, 0.4) is 0 Å². The molecule has 1 N–H and O–H groups in total. The van der Waals surface area contributed by atoms with Crippen LogP contribution < -0.4 is 5.32 Å². The highest BCUT2D eigenvalue weighted by Gasteiger charge is 2.42. The molecular formula is C17H30N2OS. The maximum atomic E-state index is 6.28. The summed E-state index contributed by atoms with van der Waals surface area (Å²) in [6.07, 6.45) is 10.6. The van der Waals surface area contributed by atoms with E-state index in [4.69, 9.17) is 4.74 Å². The van der Waals surface area contributed by atoms with E-state index in [1.807, 2.05) is 0 Å². The van der Waals surface area contributed by atoms with Gasteiger partial charge in [0.25, 0.3) is 0 Å². The molecule has 4 aliphatic rings. The van der Waals surface area contributed by atoms with Gasteiger partial charge in [-0.3, -0.25) is 0 Å². The summed E-state index contributed by atoms with van der Waals surface area (Å²) in [5, 5.41) is 3.78. The quantitative estimate of drug-likeness (QED) is 0.847. The first kappa shape index (κ1) is 14.8. The molecule has 0 aromatic rings. The summed E-state index contributed by atoms with van der Waals surface area (Å²) in [6, 6.07) is 3.17. The Kier molecular flexibility index (Phi) is 4.25. The van der Waals surface area contributed by atoms with Crippen molar-refractivity contribution in [3.8, 4) is 0 Å². The van der Waals surface area contributed by atoms with Crippen LogP contribution in [0.1, 0.15) is 51.4 Å². The van der Waals surface area contributed by atoms with Crippen molar-refractivity contribution in [1.82, 2.24) is 10.2 Å². The van der Waals surface area contributed by atoms with Crippen LogP contribution in [0.2, 0.25) is 0 Å². The molecule has 4 heteroatoms. The van der Waals surface area contributed by atoms with Gasteiger partial charge in [0.05, 0.1) is 5.60 Å². The highest BCUT2D eigenvalue weighted by molar-refractivity contribution is 7.99. The molecule has 2 bridgehead atoms. The molecule has 1 spiro atoms. The van der Waals surface area contributed by atoms with E-state index in [-0.39, 0.29) is 5.60 Å². The van der Waals surface area contributed by atoms with Gasteiger partial charge in [0, 0.05) is 30.8 Å². The van der Waals surface area contributed by atoms with Gasteiger partial charge in [-0.05, 0) is 69.9 Å². The van der Waals surface area contributed by atoms with E-state index in [1.54, 1.807) is 0 Å². The van der Waals surface area contributed by atoms with Crippen LogP contribution in [-0.2, 0) is 4.74 Å². The molecule has 4 heterocycles. The first-order valence-corrected chi connectivity index (χ1v) is 10.1. The van der Waals surface area contributed by atoms with Gasteiger partial charge in [-0.25, -0.2) is 0 Å². The fourth-order valence-electron chi connectivity index (χ4n) is 5.10. The van der Waals surface area contributed by atoms with Crippen LogP contribution in [0.25, 0.3) is 0 Å². The number of nitrogens with one attached hydrogen (secondary N) is 1. The van der Waals surface area contributed by atoms with Gasteiger partial charge in [-0.15, -0.1) is 0 Å². The van der Waals surface area contributed by atoms with Crippen molar-refractivity contribution in [3.63, 3.8) is 0 Å². The Hall–Kier alpha value is 0.230. The van der Waals surface area contributed by atoms with E-state index in [2.05, 4.69) is 29.0 Å². The van der Waals surface area contributed by atoms with Gasteiger partial charge < -0.3 is 15.0 Å². The minimum atomic E-state index is 0.230. The lowest BCUT2D eigenvalue weighted by molar-refractivity contribution is -0.113. The second kappa shape index (κ2) is 6.03. The van der Waals surface area contributed by atoms with Crippen molar-refractivity contribution >= 4 is 11.8 Å². The van der Waals surface area contributed by atoms with E-state index in [1.165, 1.54) is 62.9 Å². The van der Waals surface area contributed by atoms with Crippen LogP contribution in [0.5, 0.6) is 0 Å². The van der Waals surface area contributed by atoms with Gasteiger partial charge in [0.2, 0.25) is 0 Å². The van der Waals surface area contributed by atoms with Crippen LogP contribution in [0, 0.1) is 0 Å². The predicted molar refractivity (Wildman–Crippen MR) is 89.0 cm³/mol. The van der Waals surface area contributed by atoms with Crippen molar-refractivity contribution in [2.45, 2.75) is 81.1 Å². The number of nitrogens with zero attached hydrogens (tertiary/aromatic N) is 1. The molecule has 4 fully saturated rings. The van der Waals surface area contributed by atoms with Gasteiger partial charge in [0.1, 0.15) is 0 Å². The van der Waals surface area contributed by atoms with Gasteiger partial charge in [-0.1, -0.05) is 0 Å². The lowest BCUT2D eigenvalue weighted by atomic mass is 9.84. The highest BCUT2D eigenvalue weighted by Crippen LogP contribution is 2.40. The number of piperidine rings is 1. The zero-order valence-corrected chi connectivity index (χ0v) is 14.2. The van der Waals surface area contributed by atoms with Crippen LogP contribution in [0.15, 0.2) is 0 Å². The third kappa shape index (κ3) is 3.01. The molecular weight excluding hydrogens is 280 g/mol. The molecule has 4 saturated heterocycles. The standard InChI is InChI=1S/C17H30N2OS/c1-19(16-10-13-2-3-14(11-16)18-13)15-4-7-20-17(12-15)5-8-21-9-6-17/h13-16,18H,2-12H2,1H3. The maximum absolute atomic E-state index is 6.28. The maximum Gasteiger partial charge on any atom is 0.0713 e. The van der Waals surface area contributed by atoms with Crippen LogP contribution in [-0.4, -0.2) is 59.8 Å². The van der Waals surface area contributed by atoms with Crippen molar-refractivity contribution in [3.05, 3.63) is 0 Å². The molecule has 3 unspecified atom stereocenters. The summed E-state index contributed by atoms with van der Waals surface area (Å²) in [7, 11) is 2.40. The summed E-state index contributed by atoms with van der Waals surface area (Å²) in [6.45, 7) is 0.984. The second-order valence-electron chi connectivity index (χ2n) is 7.72. The highest BCUT2D eigenvalue weighted by atomic mass is 32.2. The molecule has 0 saturated carbocycles. The molecule has 4 aliphatic heterocycles. The van der Waals surface area contributed by atoms with Gasteiger partial charge in [-0.2, -0.15) is 11.8 Å². The van der Waals surface area contributed by atoms with Crippen LogP contribution >= 0.6 is 11.8 Å². The summed E-state index contributed by atoms with van der Waals surface area (Å²) in [5.74, 6) is 2.60. The zero-order valence-electron chi connectivity index (χ0n) is 13.4. The van der Waals surface area contributed by atoms with E-state index in [0.717, 1.165) is 30.8 Å². The largest absolute Gasteiger partial charge is 0.375 e. The summed E-state index contributed by atoms with van der Waals surface area (Å²) < 4.78 is 6.28. The molecule has 3 nitrogen and oxygen atoms in total. The zero-order chi connectivity index (χ0) is 14.3. The molecule has 0 radical (unpaired) electrons. The van der Waals surface area contributed by atoms with E-state index in [9.17, 15) is 0 Å². The molecule has 120 valence electrons. The number of fused-ring (bicyclic) bond motifs is 2. The Balaban J connectivity index is 1.40. The molecule has 0 aliphatic carbocycles. The van der Waals surface area contributed by atoms with Crippen molar-refractivity contribution in [1.29, 1.82) is 0 Å². The smallest absolute Gasteiger partial charge is 0.0713 e. The van der Waals surface area contributed by atoms with Gasteiger partial charge >= 0.3 is 0 Å². The normalized spacial score (nSPS) is 42.6. The number of hydrogen-bond acceptors (Lipinski definition) is 4. The topological polar surface area (TPSA) is 24.5 Å². The second-order valence-corrected chi connectivity index (χ2v) is 8.94. The Morgan fingerprint density at radius 2 is 1.76 bits per heavy atom. The molecule has 4 rings (SSSR count). The lowest BCUT2D eigenvalue weighted by Gasteiger charge is -2.48. The van der Waals surface area contributed by atoms with E-state index < -0.39 is 0 Å². The lowest BCUT2D eigenvalue weighted by Crippen LogP contribution is -2.54. The molecule has 0 amide bonds. The molecule has 21 heavy (non-hydrogen) atoms. The average Bonchev–Trinajstić information content (AvgIpc) is 2.85. The number of thioether (sulfide) groups is 1. The number of hydrogen-bond donors (Lipinski definition) is 1. The van der Waals surface area contributed by atoms with Crippen molar-refractivity contribution < 1.29 is 4.74 Å². The molecule has 0 aromatic carbocycles. The summed E-state index contributed by atoms with van der Waals surface area (Å²) in [4.78, 5) is 2.75. The minimum Gasteiger partial charge on any atom is -0.375 e. The number of rotatable bonds is 2. The van der Waals surface area contributed by atoms with E-state index in [0.29, 0.717) is 0 Å². The first-order valence-electron chi connectivity index (χ1n) is 8.94. The third-order valence-corrected chi connectivity index (χ3v) is 7.46. The first-order chi connectivity index (χ1) is 10.2. The third-order valence-electron chi connectivity index (χ3n) is 6.47. The summed E-state index contributed by atoms with van der Waals surface area (Å²) in [5.41, 5.74) is 0.230. The fourth-order valence-corrected chi connectivity index (χ4v) is 6.34. The van der Waals surface area contributed by atoms with Crippen LogP contribution in [0.4, 0.5) is 0 Å². The Morgan fingerprint density at radius 1 is 1.05 bits per heavy atom. The van der Waals surface area contributed by atoms with E-state index >= 15 is 0 Å². The Bertz CT molecular complexity index is 354. The SMILES string of the molecule is CN(C1CC2CCC(C1)N2)C1CCOC2(CCSCC2)C1. The number of ether oxygens (including phenoxy) is 1. The Morgan fingerprint density at radius 3 is 2.48 bits per heavy atom. The molecule has 0 aromatic heterocycles.